The van der Waals surface area contributed by atoms with Gasteiger partial charge in [0.15, 0.2) is 23.4 Å². The zero-order chi connectivity index (χ0) is 21.5. The van der Waals surface area contributed by atoms with E-state index in [1.165, 1.54) is 23.3 Å². The van der Waals surface area contributed by atoms with Crippen LogP contribution in [0.5, 0.6) is 11.5 Å². The van der Waals surface area contributed by atoms with Crippen LogP contribution >= 0.6 is 0 Å². The van der Waals surface area contributed by atoms with E-state index in [2.05, 4.69) is 6.07 Å². The van der Waals surface area contributed by atoms with Crippen LogP contribution in [0.1, 0.15) is 48.8 Å². The lowest BCUT2D eigenvalue weighted by atomic mass is 9.49. The average molecular weight is 433 g/mol. The first-order chi connectivity index (χ1) is 15.6. The second kappa shape index (κ2) is 6.58. The molecule has 2 heterocycles. The van der Waals surface area contributed by atoms with E-state index in [-0.39, 0.29) is 11.8 Å². The lowest BCUT2D eigenvalue weighted by Crippen LogP contribution is -3.21. The van der Waals surface area contributed by atoms with Crippen LogP contribution in [-0.2, 0) is 23.2 Å². The van der Waals surface area contributed by atoms with Crippen LogP contribution in [0.4, 0.5) is 0 Å². The molecule has 3 aliphatic carbocycles. The van der Waals surface area contributed by atoms with Gasteiger partial charge in [-0.15, -0.1) is 0 Å². The second-order valence-electron chi connectivity index (χ2n) is 10.6. The zero-order valence-electron chi connectivity index (χ0n) is 18.3. The van der Waals surface area contributed by atoms with Gasteiger partial charge in [0, 0.05) is 30.7 Å². The first-order valence-corrected chi connectivity index (χ1v) is 12.2. The average Bonchev–Trinajstić information content (AvgIpc) is 3.55. The Morgan fingerprint density at radius 3 is 2.78 bits per heavy atom. The van der Waals surface area contributed by atoms with E-state index in [1.54, 1.807) is 0 Å². The van der Waals surface area contributed by atoms with E-state index in [1.807, 2.05) is 36.4 Å². The van der Waals surface area contributed by atoms with Crippen molar-refractivity contribution in [3.05, 3.63) is 59.2 Å². The van der Waals surface area contributed by atoms with Crippen LogP contribution in [0.15, 0.2) is 42.5 Å². The summed E-state index contributed by atoms with van der Waals surface area (Å²) in [5.74, 6) is 2.35. The molecule has 2 saturated carbocycles. The molecule has 166 valence electrons. The standard InChI is InChI=1S/C27H29NO4/c29-20-10-11-27(30)22-14-19-8-9-21(31-16-18-4-2-1-3-5-18)24-23(19)26(27,25(20)32-24)12-13-28(22)15-17-6-7-17/h1-5,8-9,17,22,25,30H,6-7,10-16H2/p+1/t22?,25?,26?,27-/m1/s1. The van der Waals surface area contributed by atoms with Crippen molar-refractivity contribution < 1.29 is 24.3 Å². The summed E-state index contributed by atoms with van der Waals surface area (Å²) >= 11 is 0. The van der Waals surface area contributed by atoms with Crippen molar-refractivity contribution in [2.45, 2.75) is 68.3 Å². The van der Waals surface area contributed by atoms with Crippen molar-refractivity contribution in [1.29, 1.82) is 0 Å². The molecule has 2 aliphatic heterocycles. The Morgan fingerprint density at radius 1 is 1.12 bits per heavy atom. The molecule has 0 amide bonds. The van der Waals surface area contributed by atoms with E-state index in [0.717, 1.165) is 43.0 Å². The molecule has 2 aromatic rings. The minimum atomic E-state index is -0.885. The number of ketones is 1. The van der Waals surface area contributed by atoms with Gasteiger partial charge in [-0.05, 0) is 36.5 Å². The van der Waals surface area contributed by atoms with Gasteiger partial charge in [-0.2, -0.15) is 0 Å². The van der Waals surface area contributed by atoms with Gasteiger partial charge in [0.25, 0.3) is 0 Å². The molecular weight excluding hydrogens is 402 g/mol. The number of hydrogen-bond donors (Lipinski definition) is 2. The zero-order valence-corrected chi connectivity index (χ0v) is 18.3. The number of nitrogens with one attached hydrogen (secondary N) is 1. The van der Waals surface area contributed by atoms with Crippen molar-refractivity contribution in [3.63, 3.8) is 0 Å². The summed E-state index contributed by atoms with van der Waals surface area (Å²) in [6, 6.07) is 14.4. The Hall–Kier alpha value is -2.37. The summed E-state index contributed by atoms with van der Waals surface area (Å²) in [7, 11) is 0. The fourth-order valence-corrected chi connectivity index (χ4v) is 7.33. The summed E-state index contributed by atoms with van der Waals surface area (Å²) in [4.78, 5) is 14.7. The Kier molecular flexibility index (Phi) is 3.93. The highest BCUT2D eigenvalue weighted by Crippen LogP contribution is 2.63. The third-order valence-corrected chi connectivity index (χ3v) is 8.97. The van der Waals surface area contributed by atoms with Gasteiger partial charge in [0.05, 0.1) is 18.5 Å². The topological polar surface area (TPSA) is 60.2 Å². The van der Waals surface area contributed by atoms with Gasteiger partial charge in [-0.3, -0.25) is 4.79 Å². The van der Waals surface area contributed by atoms with Crippen molar-refractivity contribution in [1.82, 2.24) is 0 Å². The Morgan fingerprint density at radius 2 is 1.97 bits per heavy atom. The number of likely N-dealkylation sites (tertiary alicyclic amines) is 1. The molecule has 5 nitrogen and oxygen atoms in total. The van der Waals surface area contributed by atoms with Crippen molar-refractivity contribution in [3.8, 4) is 11.5 Å². The molecule has 2 N–H and O–H groups in total. The summed E-state index contributed by atoms with van der Waals surface area (Å²) in [6.45, 7) is 2.61. The van der Waals surface area contributed by atoms with Crippen molar-refractivity contribution in [2.24, 2.45) is 5.92 Å². The van der Waals surface area contributed by atoms with Crippen LogP contribution in [0.2, 0.25) is 0 Å². The monoisotopic (exact) mass is 432 g/mol. The van der Waals surface area contributed by atoms with E-state index in [9.17, 15) is 9.90 Å². The maximum Gasteiger partial charge on any atom is 0.174 e. The molecule has 5 aliphatic rings. The molecule has 0 radical (unpaired) electrons. The SMILES string of the molecule is O=C1CC[C@@]2(O)C3Cc4ccc(OCc5ccccc5)c5c4C2(CC[NH+]3CC2CC2)C1O5. The minimum absolute atomic E-state index is 0.136. The lowest BCUT2D eigenvalue weighted by molar-refractivity contribution is -0.943. The first-order valence-electron chi connectivity index (χ1n) is 12.2. The molecule has 2 aromatic carbocycles. The van der Waals surface area contributed by atoms with Gasteiger partial charge in [-0.25, -0.2) is 0 Å². The molecule has 2 bridgehead atoms. The number of quaternary nitrogens is 1. The number of Topliss-reactive ketones (excluding diaryl/α,β-unsaturated/α-hetero) is 1. The first kappa shape index (κ1) is 19.1. The van der Waals surface area contributed by atoms with Crippen LogP contribution < -0.4 is 14.4 Å². The number of carbonyl (C=O) groups is 1. The third kappa shape index (κ3) is 2.44. The minimum Gasteiger partial charge on any atom is -0.485 e. The highest BCUT2D eigenvalue weighted by Gasteiger charge is 2.75. The van der Waals surface area contributed by atoms with Crippen molar-refractivity contribution in [2.75, 3.05) is 13.1 Å². The van der Waals surface area contributed by atoms with Crippen molar-refractivity contribution >= 4 is 5.78 Å². The summed E-state index contributed by atoms with van der Waals surface area (Å²) in [6.07, 6.45) is 4.69. The summed E-state index contributed by atoms with van der Waals surface area (Å²) in [5.41, 5.74) is 1.91. The Labute approximate surface area is 188 Å². The second-order valence-corrected chi connectivity index (χ2v) is 10.6. The molecular formula is C27H30NO4+. The highest BCUT2D eigenvalue weighted by atomic mass is 16.5. The number of benzene rings is 2. The van der Waals surface area contributed by atoms with Gasteiger partial charge in [-0.1, -0.05) is 36.4 Å². The molecule has 32 heavy (non-hydrogen) atoms. The van der Waals surface area contributed by atoms with Gasteiger partial charge in [0.2, 0.25) is 0 Å². The molecule has 5 heteroatoms. The highest BCUT2D eigenvalue weighted by molar-refractivity contribution is 5.90. The molecule has 5 atom stereocenters. The van der Waals surface area contributed by atoms with Crippen LogP contribution in [-0.4, -0.2) is 41.7 Å². The lowest BCUT2D eigenvalue weighted by Gasteiger charge is -2.60. The predicted molar refractivity (Wildman–Crippen MR) is 118 cm³/mol. The molecule has 1 saturated heterocycles. The third-order valence-electron chi connectivity index (χ3n) is 8.97. The van der Waals surface area contributed by atoms with Gasteiger partial charge < -0.3 is 19.5 Å². The van der Waals surface area contributed by atoms with E-state index >= 15 is 0 Å². The molecule has 0 aromatic heterocycles. The largest absolute Gasteiger partial charge is 0.485 e. The number of rotatable bonds is 5. The normalized spacial score (nSPS) is 36.4. The van der Waals surface area contributed by atoms with E-state index in [0.29, 0.717) is 30.9 Å². The fraction of sp³-hybridized carbons (Fsp3) is 0.519. The van der Waals surface area contributed by atoms with E-state index in [4.69, 9.17) is 9.47 Å². The number of piperidine rings is 1. The maximum atomic E-state index is 13.1. The Bertz CT molecular complexity index is 1100. The number of carbonyl (C=O) groups excluding carboxylic acids is 1. The molecule has 4 unspecified atom stereocenters. The number of hydrogen-bond acceptors (Lipinski definition) is 4. The fourth-order valence-electron chi connectivity index (χ4n) is 7.33. The summed E-state index contributed by atoms with van der Waals surface area (Å²) < 4.78 is 12.7. The van der Waals surface area contributed by atoms with Crippen LogP contribution in [0.3, 0.4) is 0 Å². The number of ether oxygens (including phenoxy) is 2. The molecule has 7 rings (SSSR count). The van der Waals surface area contributed by atoms with Gasteiger partial charge >= 0.3 is 0 Å². The number of aliphatic hydroxyl groups is 1. The quantitative estimate of drug-likeness (QED) is 0.759. The summed E-state index contributed by atoms with van der Waals surface area (Å²) in [5, 5.41) is 12.3. The van der Waals surface area contributed by atoms with Crippen LogP contribution in [0.25, 0.3) is 0 Å². The maximum absolute atomic E-state index is 13.1. The smallest absolute Gasteiger partial charge is 0.174 e. The molecule has 3 fully saturated rings. The molecule has 1 spiro atoms. The predicted octanol–water partition coefficient (Wildman–Crippen LogP) is 1.98. The van der Waals surface area contributed by atoms with E-state index < -0.39 is 17.1 Å². The Balaban J connectivity index is 1.32. The van der Waals surface area contributed by atoms with Crippen LogP contribution in [0, 0.1) is 5.92 Å². The van der Waals surface area contributed by atoms with Gasteiger partial charge in [0.1, 0.15) is 18.2 Å².